The maximum absolute atomic E-state index is 13.5. The maximum Gasteiger partial charge on any atom is 0.475 e. The number of anilines is 1. The molecule has 6 rings (SSSR count). The van der Waals surface area contributed by atoms with Gasteiger partial charge in [0.25, 0.3) is 0 Å². The van der Waals surface area contributed by atoms with E-state index in [0.717, 1.165) is 10.0 Å². The highest BCUT2D eigenvalue weighted by molar-refractivity contribution is 9.10. The number of hydrogen-bond acceptors (Lipinski definition) is 11. The van der Waals surface area contributed by atoms with Crippen molar-refractivity contribution in [1.82, 2.24) is 19.5 Å². The summed E-state index contributed by atoms with van der Waals surface area (Å²) >= 11 is 3.53. The van der Waals surface area contributed by atoms with Gasteiger partial charge in [0.05, 0.1) is 25.6 Å². The first kappa shape index (κ1) is 25.3. The van der Waals surface area contributed by atoms with Gasteiger partial charge in [-0.05, 0) is 32.4 Å². The van der Waals surface area contributed by atoms with Gasteiger partial charge in [0.2, 0.25) is 0 Å². The molecule has 2 aromatic heterocycles. The van der Waals surface area contributed by atoms with E-state index in [1.165, 1.54) is 6.33 Å². The van der Waals surface area contributed by atoms with Gasteiger partial charge in [0, 0.05) is 10.9 Å². The summed E-state index contributed by atoms with van der Waals surface area (Å²) in [6.45, 7) is 5.67. The molecule has 14 heteroatoms. The Balaban J connectivity index is 1.25. The van der Waals surface area contributed by atoms with E-state index in [2.05, 4.69) is 30.9 Å². The first-order valence-electron chi connectivity index (χ1n) is 11.9. The number of fused-ring (bicyclic) bond motifs is 2. The monoisotopic (exact) mass is 595 g/mol. The summed E-state index contributed by atoms with van der Waals surface area (Å²) < 4.78 is 52.2. The number of benzene rings is 1. The maximum atomic E-state index is 13.5. The van der Waals surface area contributed by atoms with Gasteiger partial charge in [-0.2, -0.15) is 0 Å². The van der Waals surface area contributed by atoms with Crippen LogP contribution in [0.3, 0.4) is 0 Å². The minimum Gasteiger partial charge on any atom is -0.382 e. The minimum atomic E-state index is -3.88. The molecule has 1 aromatic carbocycles. The lowest BCUT2D eigenvalue weighted by Crippen LogP contribution is -2.42. The van der Waals surface area contributed by atoms with Crippen molar-refractivity contribution < 1.29 is 32.3 Å². The predicted molar refractivity (Wildman–Crippen MR) is 134 cm³/mol. The third kappa shape index (κ3) is 4.41. The topological polar surface area (TPSA) is 142 Å². The number of phosphoric ester groups is 1. The molecule has 0 bridgehead atoms. The van der Waals surface area contributed by atoms with Gasteiger partial charge in [-0.1, -0.05) is 34.1 Å². The first-order valence-corrected chi connectivity index (χ1v) is 14.1. The highest BCUT2D eigenvalue weighted by Crippen LogP contribution is 2.59. The van der Waals surface area contributed by atoms with Crippen molar-refractivity contribution in [3.05, 3.63) is 47.0 Å². The number of halogens is 1. The molecular formula is C23H27BrN5O7P. The second kappa shape index (κ2) is 9.06. The zero-order valence-corrected chi connectivity index (χ0v) is 22.9. The van der Waals surface area contributed by atoms with Crippen molar-refractivity contribution in [2.75, 3.05) is 18.9 Å². The molecule has 0 aliphatic carbocycles. The van der Waals surface area contributed by atoms with Gasteiger partial charge in [-0.25, -0.2) is 19.5 Å². The van der Waals surface area contributed by atoms with E-state index in [1.54, 1.807) is 10.9 Å². The van der Waals surface area contributed by atoms with Crippen molar-refractivity contribution in [2.24, 2.45) is 0 Å². The fourth-order valence-corrected chi connectivity index (χ4v) is 7.17. The van der Waals surface area contributed by atoms with E-state index in [-0.39, 0.29) is 19.0 Å². The van der Waals surface area contributed by atoms with Crippen LogP contribution >= 0.6 is 23.8 Å². The van der Waals surface area contributed by atoms with E-state index < -0.39 is 43.8 Å². The number of nitrogens with zero attached hydrogens (tertiary/aromatic N) is 4. The van der Waals surface area contributed by atoms with Crippen LogP contribution in [-0.4, -0.2) is 56.3 Å². The molecule has 6 atom stereocenters. The fraction of sp³-hybridized carbons (Fsp3) is 0.522. The zero-order chi connectivity index (χ0) is 26.0. The molecule has 12 nitrogen and oxygen atoms in total. The van der Waals surface area contributed by atoms with E-state index in [0.29, 0.717) is 17.6 Å². The average molecular weight is 596 g/mol. The number of ether oxygens (including phenoxy) is 3. The molecule has 2 unspecified atom stereocenters. The summed E-state index contributed by atoms with van der Waals surface area (Å²) in [6, 6.07) is 7.63. The highest BCUT2D eigenvalue weighted by atomic mass is 79.9. The van der Waals surface area contributed by atoms with Gasteiger partial charge >= 0.3 is 7.82 Å². The fourth-order valence-electron chi connectivity index (χ4n) is 5.24. The number of nitrogen functional groups attached to an aromatic ring is 1. The SMILES string of the molecule is CC1(C)O[C@@H]2[C@@H](COP3(=O)OCCC(c4ccccc4Br)O3)O[C@@H](n3cnc4c(N)ncnc43)[C@]2(C)O1. The molecule has 3 saturated heterocycles. The lowest BCUT2D eigenvalue weighted by Gasteiger charge is -2.30. The van der Waals surface area contributed by atoms with Gasteiger partial charge in [0.15, 0.2) is 23.5 Å². The van der Waals surface area contributed by atoms with Crippen LogP contribution in [0, 0.1) is 0 Å². The summed E-state index contributed by atoms with van der Waals surface area (Å²) in [4.78, 5) is 12.7. The van der Waals surface area contributed by atoms with Crippen molar-refractivity contribution in [2.45, 2.75) is 63.1 Å². The van der Waals surface area contributed by atoms with Crippen molar-refractivity contribution >= 4 is 40.7 Å². The number of imidazole rings is 1. The molecule has 0 saturated carbocycles. The number of hydrogen-bond donors (Lipinski definition) is 1. The lowest BCUT2D eigenvalue weighted by molar-refractivity contribution is -0.217. The number of nitrogens with two attached hydrogens (primary N) is 1. The molecule has 0 amide bonds. The molecule has 0 radical (unpaired) electrons. The van der Waals surface area contributed by atoms with Crippen LogP contribution in [0.25, 0.3) is 11.2 Å². The molecule has 2 N–H and O–H groups in total. The molecule has 3 aliphatic heterocycles. The lowest BCUT2D eigenvalue weighted by atomic mass is 9.96. The second-order valence-corrected chi connectivity index (χ2v) is 12.3. The van der Waals surface area contributed by atoms with E-state index >= 15 is 0 Å². The Morgan fingerprint density at radius 1 is 1.24 bits per heavy atom. The van der Waals surface area contributed by atoms with Gasteiger partial charge in [-0.15, -0.1) is 0 Å². The number of phosphoric acid groups is 1. The van der Waals surface area contributed by atoms with Crippen LogP contribution in [0.15, 0.2) is 41.4 Å². The third-order valence-electron chi connectivity index (χ3n) is 6.75. The standard InChI is InChI=1S/C23H27BrN5O7P/c1-22(2)34-18-16(10-32-37(30)31-9-8-15(35-37)13-6-4-5-7-14(13)24)33-21(23(18,3)36-22)29-12-28-17-19(25)26-11-27-20(17)29/h4-7,11-12,15-16,18,21H,8-10H2,1-3H3,(H2,25,26,27)/t15?,16-,18-,21-,23-,37?/m1/s1. The summed E-state index contributed by atoms with van der Waals surface area (Å²) in [6.07, 6.45) is 1.15. The van der Waals surface area contributed by atoms with Crippen LogP contribution in [-0.2, 0) is 32.3 Å². The Kier molecular flexibility index (Phi) is 6.20. The highest BCUT2D eigenvalue weighted by Gasteiger charge is 2.64. The number of rotatable bonds is 5. The Labute approximate surface area is 221 Å². The zero-order valence-electron chi connectivity index (χ0n) is 20.4. The van der Waals surface area contributed by atoms with E-state index in [1.807, 2.05) is 45.0 Å². The molecule has 198 valence electrons. The van der Waals surface area contributed by atoms with Crippen LogP contribution in [0.4, 0.5) is 5.82 Å². The second-order valence-electron chi connectivity index (χ2n) is 9.81. The molecule has 37 heavy (non-hydrogen) atoms. The van der Waals surface area contributed by atoms with Crippen LogP contribution in [0.2, 0.25) is 0 Å². The largest absolute Gasteiger partial charge is 0.475 e. The molecule has 0 spiro atoms. The molecule has 5 heterocycles. The summed E-state index contributed by atoms with van der Waals surface area (Å²) in [5.74, 6) is -0.631. The summed E-state index contributed by atoms with van der Waals surface area (Å²) in [5.41, 5.74) is 6.87. The number of aromatic nitrogens is 4. The first-order chi connectivity index (χ1) is 17.6. The summed E-state index contributed by atoms with van der Waals surface area (Å²) in [5, 5.41) is 0. The molecule has 3 aromatic rings. The quantitative estimate of drug-likeness (QED) is 0.422. The smallest absolute Gasteiger partial charge is 0.382 e. The van der Waals surface area contributed by atoms with Gasteiger partial charge in [0.1, 0.15) is 29.7 Å². The van der Waals surface area contributed by atoms with Crippen LogP contribution in [0.5, 0.6) is 0 Å². The van der Waals surface area contributed by atoms with Gasteiger partial charge in [-0.3, -0.25) is 18.1 Å². The van der Waals surface area contributed by atoms with Crippen LogP contribution < -0.4 is 5.73 Å². The van der Waals surface area contributed by atoms with E-state index in [4.69, 9.17) is 33.5 Å². The van der Waals surface area contributed by atoms with Crippen molar-refractivity contribution in [3.8, 4) is 0 Å². The van der Waals surface area contributed by atoms with Crippen molar-refractivity contribution in [1.29, 1.82) is 0 Å². The van der Waals surface area contributed by atoms with E-state index in [9.17, 15) is 4.57 Å². The van der Waals surface area contributed by atoms with Gasteiger partial charge < -0.3 is 19.9 Å². The molecule has 3 aliphatic rings. The predicted octanol–water partition coefficient (Wildman–Crippen LogP) is 4.28. The summed E-state index contributed by atoms with van der Waals surface area (Å²) in [7, 11) is -3.88. The normalized spacial score (nSPS) is 35.1. The Hall–Kier alpha value is -1.96. The Morgan fingerprint density at radius 3 is 2.86 bits per heavy atom. The van der Waals surface area contributed by atoms with Crippen LogP contribution in [0.1, 0.15) is 45.1 Å². The minimum absolute atomic E-state index is 0.111. The Bertz CT molecular complexity index is 1390. The van der Waals surface area contributed by atoms with Crippen molar-refractivity contribution in [3.63, 3.8) is 0 Å². The molecule has 3 fully saturated rings. The third-order valence-corrected chi connectivity index (χ3v) is 8.95. The molecular weight excluding hydrogens is 569 g/mol. The Morgan fingerprint density at radius 2 is 2.05 bits per heavy atom. The average Bonchev–Trinajstić information content (AvgIpc) is 3.45.